The highest BCUT2D eigenvalue weighted by Gasteiger charge is 2.02. The molecule has 2 rings (SSSR count). The van der Waals surface area contributed by atoms with E-state index in [4.69, 9.17) is 5.73 Å². The summed E-state index contributed by atoms with van der Waals surface area (Å²) in [6.45, 7) is 0.533. The molecule has 78 valence electrons. The lowest BCUT2D eigenvalue weighted by Gasteiger charge is -2.05. The zero-order valence-electron chi connectivity index (χ0n) is 8.13. The molecule has 0 aliphatic rings. The predicted molar refractivity (Wildman–Crippen MR) is 62.6 cm³/mol. The van der Waals surface area contributed by atoms with Crippen molar-refractivity contribution in [2.75, 3.05) is 0 Å². The lowest BCUT2D eigenvalue weighted by molar-refractivity contribution is 1.07. The van der Waals surface area contributed by atoms with E-state index in [9.17, 15) is 0 Å². The van der Waals surface area contributed by atoms with Crippen LogP contribution >= 0.6 is 12.4 Å². The second-order valence-electron chi connectivity index (χ2n) is 2.99. The van der Waals surface area contributed by atoms with Crippen LogP contribution in [0.25, 0.3) is 11.1 Å². The van der Waals surface area contributed by atoms with Gasteiger partial charge in [-0.1, -0.05) is 24.3 Å². The van der Waals surface area contributed by atoms with E-state index in [1.165, 1.54) is 6.33 Å². The number of rotatable bonds is 2. The van der Waals surface area contributed by atoms with Crippen LogP contribution < -0.4 is 5.73 Å². The summed E-state index contributed by atoms with van der Waals surface area (Å²) in [5, 5.41) is 0. The van der Waals surface area contributed by atoms with E-state index in [1.54, 1.807) is 12.4 Å². The summed E-state index contributed by atoms with van der Waals surface area (Å²) < 4.78 is 0. The highest BCUT2D eigenvalue weighted by molar-refractivity contribution is 5.85. The molecule has 0 fully saturated rings. The first kappa shape index (κ1) is 11.6. The van der Waals surface area contributed by atoms with Crippen LogP contribution in [0.4, 0.5) is 0 Å². The van der Waals surface area contributed by atoms with Crippen LogP contribution in [0.15, 0.2) is 43.0 Å². The van der Waals surface area contributed by atoms with Gasteiger partial charge in [-0.3, -0.25) is 0 Å². The smallest absolute Gasteiger partial charge is 0.115 e. The molecule has 1 aromatic carbocycles. The van der Waals surface area contributed by atoms with Crippen LogP contribution in [0.3, 0.4) is 0 Å². The molecule has 0 unspecified atom stereocenters. The van der Waals surface area contributed by atoms with Crippen LogP contribution in [-0.4, -0.2) is 9.97 Å². The molecule has 15 heavy (non-hydrogen) atoms. The summed E-state index contributed by atoms with van der Waals surface area (Å²) in [6.07, 6.45) is 5.11. The number of nitrogens with two attached hydrogens (primary N) is 1. The van der Waals surface area contributed by atoms with E-state index in [1.807, 2.05) is 24.3 Å². The quantitative estimate of drug-likeness (QED) is 0.844. The normalized spacial score (nSPS) is 9.40. The summed E-state index contributed by atoms with van der Waals surface area (Å²) in [5.41, 5.74) is 8.88. The number of hydrogen-bond donors (Lipinski definition) is 1. The van der Waals surface area contributed by atoms with E-state index >= 15 is 0 Å². The first-order chi connectivity index (χ1) is 6.92. The molecule has 0 radical (unpaired) electrons. The molecule has 0 spiro atoms. The standard InChI is InChI=1S/C11H11N3.ClH/c12-5-9-3-1-2-4-11(9)10-6-13-8-14-7-10;/h1-4,6-8H,5,12H2;1H. The van der Waals surface area contributed by atoms with Crippen molar-refractivity contribution in [1.29, 1.82) is 0 Å². The van der Waals surface area contributed by atoms with Gasteiger partial charge < -0.3 is 5.73 Å². The van der Waals surface area contributed by atoms with Crippen LogP contribution in [0, 0.1) is 0 Å². The molecular formula is C11H12ClN3. The minimum absolute atomic E-state index is 0. The zero-order chi connectivity index (χ0) is 9.80. The molecule has 0 saturated heterocycles. The van der Waals surface area contributed by atoms with Crippen LogP contribution in [0.1, 0.15) is 5.56 Å². The second-order valence-corrected chi connectivity index (χ2v) is 2.99. The molecule has 1 heterocycles. The Morgan fingerprint density at radius 2 is 1.73 bits per heavy atom. The Balaban J connectivity index is 0.00000112. The monoisotopic (exact) mass is 221 g/mol. The fourth-order valence-electron chi connectivity index (χ4n) is 1.42. The van der Waals surface area contributed by atoms with Gasteiger partial charge in [-0.15, -0.1) is 12.4 Å². The van der Waals surface area contributed by atoms with Crippen LogP contribution in [0.2, 0.25) is 0 Å². The van der Waals surface area contributed by atoms with Crippen molar-refractivity contribution in [2.45, 2.75) is 6.54 Å². The Morgan fingerprint density at radius 1 is 1.07 bits per heavy atom. The first-order valence-electron chi connectivity index (χ1n) is 4.45. The van der Waals surface area contributed by atoms with E-state index in [0.717, 1.165) is 16.7 Å². The molecular weight excluding hydrogens is 210 g/mol. The summed E-state index contributed by atoms with van der Waals surface area (Å²) in [7, 11) is 0. The highest BCUT2D eigenvalue weighted by atomic mass is 35.5. The Labute approximate surface area is 94.8 Å². The van der Waals surface area contributed by atoms with Crippen molar-refractivity contribution in [3.05, 3.63) is 48.5 Å². The van der Waals surface area contributed by atoms with Gasteiger partial charge >= 0.3 is 0 Å². The Hall–Kier alpha value is -1.45. The van der Waals surface area contributed by atoms with Crippen molar-refractivity contribution in [1.82, 2.24) is 9.97 Å². The summed E-state index contributed by atoms with van der Waals surface area (Å²) in [6, 6.07) is 8.01. The molecule has 4 heteroatoms. The number of halogens is 1. The van der Waals surface area contributed by atoms with E-state index in [-0.39, 0.29) is 12.4 Å². The van der Waals surface area contributed by atoms with E-state index < -0.39 is 0 Å². The van der Waals surface area contributed by atoms with Crippen LogP contribution in [0.5, 0.6) is 0 Å². The van der Waals surface area contributed by atoms with Gasteiger partial charge in [0.1, 0.15) is 6.33 Å². The molecule has 3 nitrogen and oxygen atoms in total. The summed E-state index contributed by atoms with van der Waals surface area (Å²) in [4.78, 5) is 7.97. The maximum atomic E-state index is 5.65. The van der Waals surface area contributed by atoms with Crippen molar-refractivity contribution >= 4 is 12.4 Å². The fourth-order valence-corrected chi connectivity index (χ4v) is 1.42. The fraction of sp³-hybridized carbons (Fsp3) is 0.0909. The number of aromatic nitrogens is 2. The maximum Gasteiger partial charge on any atom is 0.115 e. The molecule has 1 aromatic heterocycles. The predicted octanol–water partition coefficient (Wildman–Crippen LogP) is 2.02. The van der Waals surface area contributed by atoms with Gasteiger partial charge in [-0.25, -0.2) is 9.97 Å². The average Bonchev–Trinajstić information content (AvgIpc) is 2.30. The van der Waals surface area contributed by atoms with Crippen molar-refractivity contribution in [2.24, 2.45) is 5.73 Å². The van der Waals surface area contributed by atoms with Gasteiger partial charge in [0, 0.05) is 24.5 Å². The molecule has 0 atom stereocenters. The average molecular weight is 222 g/mol. The molecule has 2 aromatic rings. The number of benzene rings is 1. The Kier molecular flexibility index (Phi) is 4.21. The van der Waals surface area contributed by atoms with Gasteiger partial charge in [-0.05, 0) is 11.1 Å². The molecule has 0 saturated carbocycles. The van der Waals surface area contributed by atoms with Crippen molar-refractivity contribution < 1.29 is 0 Å². The minimum Gasteiger partial charge on any atom is -0.326 e. The lowest BCUT2D eigenvalue weighted by atomic mass is 10.0. The topological polar surface area (TPSA) is 51.8 Å². The third kappa shape index (κ3) is 2.52. The number of nitrogens with zero attached hydrogens (tertiary/aromatic N) is 2. The van der Waals surface area contributed by atoms with Gasteiger partial charge in [0.15, 0.2) is 0 Å². The van der Waals surface area contributed by atoms with Crippen molar-refractivity contribution in [3.63, 3.8) is 0 Å². The lowest BCUT2D eigenvalue weighted by Crippen LogP contribution is -1.98. The van der Waals surface area contributed by atoms with E-state index in [2.05, 4.69) is 9.97 Å². The van der Waals surface area contributed by atoms with Crippen LogP contribution in [-0.2, 0) is 6.54 Å². The molecule has 0 aliphatic carbocycles. The largest absolute Gasteiger partial charge is 0.326 e. The van der Waals surface area contributed by atoms with Gasteiger partial charge in [-0.2, -0.15) is 0 Å². The zero-order valence-corrected chi connectivity index (χ0v) is 8.95. The molecule has 0 bridgehead atoms. The Morgan fingerprint density at radius 3 is 2.40 bits per heavy atom. The van der Waals surface area contributed by atoms with Crippen molar-refractivity contribution in [3.8, 4) is 11.1 Å². The molecule has 2 N–H and O–H groups in total. The highest BCUT2D eigenvalue weighted by Crippen LogP contribution is 2.21. The van der Waals surface area contributed by atoms with Gasteiger partial charge in [0.25, 0.3) is 0 Å². The third-order valence-electron chi connectivity index (χ3n) is 2.11. The van der Waals surface area contributed by atoms with E-state index in [0.29, 0.717) is 6.54 Å². The van der Waals surface area contributed by atoms with Gasteiger partial charge in [0.05, 0.1) is 0 Å². The second kappa shape index (κ2) is 5.44. The summed E-state index contributed by atoms with van der Waals surface area (Å²) >= 11 is 0. The molecule has 0 aliphatic heterocycles. The Bertz CT molecular complexity index is 417. The van der Waals surface area contributed by atoms with Gasteiger partial charge in [0.2, 0.25) is 0 Å². The minimum atomic E-state index is 0. The first-order valence-corrected chi connectivity index (χ1v) is 4.45. The maximum absolute atomic E-state index is 5.65. The third-order valence-corrected chi connectivity index (χ3v) is 2.11. The number of hydrogen-bond acceptors (Lipinski definition) is 3. The summed E-state index contributed by atoms with van der Waals surface area (Å²) in [5.74, 6) is 0. The molecule has 0 amide bonds. The SMILES string of the molecule is Cl.NCc1ccccc1-c1cncnc1.